The smallest absolute Gasteiger partial charge is 0.404 e. The van der Waals surface area contributed by atoms with E-state index in [2.05, 4.69) is 11.9 Å². The summed E-state index contributed by atoms with van der Waals surface area (Å²) in [6.45, 7) is 5.66. The topological polar surface area (TPSA) is 75.3 Å². The van der Waals surface area contributed by atoms with Crippen molar-refractivity contribution in [1.29, 1.82) is 0 Å². The molecule has 1 aromatic carbocycles. The van der Waals surface area contributed by atoms with E-state index in [9.17, 15) is 4.79 Å². The zero-order valence-corrected chi connectivity index (χ0v) is 8.73. The van der Waals surface area contributed by atoms with Gasteiger partial charge in [0.15, 0.2) is 0 Å². The molecular weight excluding hydrogens is 192 g/mol. The second-order valence-corrected chi connectivity index (χ2v) is 2.89. The van der Waals surface area contributed by atoms with E-state index >= 15 is 0 Å². The molecule has 0 unspecified atom stereocenters. The lowest BCUT2D eigenvalue weighted by Crippen LogP contribution is -2.19. The first kappa shape index (κ1) is 13.0. The Labute approximate surface area is 89.4 Å². The van der Waals surface area contributed by atoms with Crippen LogP contribution in [0, 0.1) is 6.92 Å². The number of anilines is 1. The fourth-order valence-corrected chi connectivity index (χ4v) is 0.726. The van der Waals surface area contributed by atoms with Crippen molar-refractivity contribution in [3.8, 4) is 0 Å². The molecule has 0 aliphatic heterocycles. The minimum absolute atomic E-state index is 0.315. The van der Waals surface area contributed by atoms with E-state index in [0.29, 0.717) is 6.54 Å². The maximum Gasteiger partial charge on any atom is 0.404 e. The van der Waals surface area contributed by atoms with Gasteiger partial charge in [0.2, 0.25) is 0 Å². The lowest BCUT2D eigenvalue weighted by Gasteiger charge is -1.90. The van der Waals surface area contributed by atoms with Crippen molar-refractivity contribution >= 4 is 11.8 Å². The van der Waals surface area contributed by atoms with Crippen LogP contribution in [0.4, 0.5) is 10.5 Å². The van der Waals surface area contributed by atoms with Crippen LogP contribution in [0.3, 0.4) is 0 Å². The molecule has 0 radical (unpaired) electrons. The molecule has 0 heterocycles. The van der Waals surface area contributed by atoms with Gasteiger partial charge in [-0.15, -0.1) is 6.58 Å². The molecule has 0 spiro atoms. The molecule has 0 fully saturated rings. The van der Waals surface area contributed by atoms with Gasteiger partial charge in [0.1, 0.15) is 0 Å². The summed E-state index contributed by atoms with van der Waals surface area (Å²) in [5.41, 5.74) is 7.51. The number of rotatable bonds is 2. The Morgan fingerprint density at radius 3 is 2.33 bits per heavy atom. The summed E-state index contributed by atoms with van der Waals surface area (Å²) in [4.78, 5) is 9.60. The average molecular weight is 208 g/mol. The largest absolute Gasteiger partial charge is 0.465 e. The number of benzene rings is 1. The van der Waals surface area contributed by atoms with Gasteiger partial charge in [0.05, 0.1) is 0 Å². The molecule has 1 aromatic rings. The van der Waals surface area contributed by atoms with Crippen LogP contribution in [-0.4, -0.2) is 17.7 Å². The fraction of sp³-hybridized carbons (Fsp3) is 0.182. The average Bonchev–Trinajstić information content (AvgIpc) is 2.20. The maximum absolute atomic E-state index is 9.60. The summed E-state index contributed by atoms with van der Waals surface area (Å²) in [6.07, 6.45) is 0.466. The van der Waals surface area contributed by atoms with Crippen molar-refractivity contribution in [2.24, 2.45) is 0 Å². The third-order valence-electron chi connectivity index (χ3n) is 1.47. The first-order valence-electron chi connectivity index (χ1n) is 4.46. The summed E-state index contributed by atoms with van der Waals surface area (Å²) in [6, 6.07) is 7.79. The summed E-state index contributed by atoms with van der Waals surface area (Å²) < 4.78 is 0. The molecular formula is C11H16N2O2. The predicted octanol–water partition coefficient (Wildman–Crippen LogP) is 2.02. The van der Waals surface area contributed by atoms with E-state index < -0.39 is 6.09 Å². The highest BCUT2D eigenvalue weighted by Gasteiger charge is 1.84. The van der Waals surface area contributed by atoms with Crippen LogP contribution in [0.2, 0.25) is 0 Å². The van der Waals surface area contributed by atoms with E-state index in [0.717, 1.165) is 5.69 Å². The van der Waals surface area contributed by atoms with Crippen molar-refractivity contribution < 1.29 is 9.90 Å². The third-order valence-corrected chi connectivity index (χ3v) is 1.47. The Morgan fingerprint density at radius 2 is 2.07 bits per heavy atom. The predicted molar refractivity (Wildman–Crippen MR) is 61.8 cm³/mol. The first-order valence-corrected chi connectivity index (χ1v) is 4.46. The summed E-state index contributed by atoms with van der Waals surface area (Å²) in [7, 11) is 0. The molecule has 0 bridgehead atoms. The van der Waals surface area contributed by atoms with Crippen LogP contribution in [-0.2, 0) is 0 Å². The molecule has 0 saturated carbocycles. The van der Waals surface area contributed by atoms with E-state index in [4.69, 9.17) is 10.8 Å². The zero-order chi connectivity index (χ0) is 11.7. The highest BCUT2D eigenvalue weighted by Crippen LogP contribution is 2.02. The van der Waals surface area contributed by atoms with Crippen LogP contribution >= 0.6 is 0 Å². The van der Waals surface area contributed by atoms with Gasteiger partial charge in [-0.1, -0.05) is 23.8 Å². The van der Waals surface area contributed by atoms with Crippen LogP contribution in [0.25, 0.3) is 0 Å². The Kier molecular flexibility index (Phi) is 6.46. The van der Waals surface area contributed by atoms with Crippen molar-refractivity contribution in [1.82, 2.24) is 5.32 Å². The molecule has 4 N–H and O–H groups in total. The van der Waals surface area contributed by atoms with E-state index in [1.54, 1.807) is 0 Å². The van der Waals surface area contributed by atoms with Gasteiger partial charge in [0, 0.05) is 12.2 Å². The molecule has 4 heteroatoms. The number of amides is 1. The molecule has 0 aromatic heterocycles. The summed E-state index contributed by atoms with van der Waals surface area (Å²) in [5.74, 6) is 0. The Hall–Kier alpha value is -1.97. The Bertz CT molecular complexity index is 286. The minimum atomic E-state index is -1.01. The molecule has 0 aliphatic rings. The normalized spacial score (nSPS) is 8.33. The number of hydrogen-bond acceptors (Lipinski definition) is 2. The van der Waals surface area contributed by atoms with E-state index in [1.165, 1.54) is 11.6 Å². The van der Waals surface area contributed by atoms with Crippen molar-refractivity contribution in [2.75, 3.05) is 12.3 Å². The zero-order valence-electron chi connectivity index (χ0n) is 8.73. The van der Waals surface area contributed by atoms with Gasteiger partial charge in [0.25, 0.3) is 0 Å². The minimum Gasteiger partial charge on any atom is -0.465 e. The number of hydrogen-bond donors (Lipinski definition) is 3. The molecule has 4 nitrogen and oxygen atoms in total. The highest BCUT2D eigenvalue weighted by molar-refractivity contribution is 5.64. The number of aryl methyl sites for hydroxylation is 1. The van der Waals surface area contributed by atoms with Gasteiger partial charge < -0.3 is 16.2 Å². The second-order valence-electron chi connectivity index (χ2n) is 2.89. The lowest BCUT2D eigenvalue weighted by molar-refractivity contribution is 0.195. The van der Waals surface area contributed by atoms with Crippen LogP contribution in [0.15, 0.2) is 36.9 Å². The van der Waals surface area contributed by atoms with Crippen molar-refractivity contribution in [2.45, 2.75) is 6.92 Å². The monoisotopic (exact) mass is 208 g/mol. The quantitative estimate of drug-likeness (QED) is 0.514. The van der Waals surface area contributed by atoms with Gasteiger partial charge >= 0.3 is 6.09 Å². The first-order chi connectivity index (χ1) is 7.06. The van der Waals surface area contributed by atoms with Crippen LogP contribution in [0.1, 0.15) is 5.56 Å². The van der Waals surface area contributed by atoms with Gasteiger partial charge in [-0.05, 0) is 19.1 Å². The molecule has 1 amide bonds. The number of nitrogens with one attached hydrogen (secondary N) is 1. The van der Waals surface area contributed by atoms with Crippen LogP contribution in [0.5, 0.6) is 0 Å². The third kappa shape index (κ3) is 8.36. The second kappa shape index (κ2) is 7.44. The number of carbonyl (C=O) groups is 1. The highest BCUT2D eigenvalue weighted by atomic mass is 16.4. The molecule has 0 aliphatic carbocycles. The van der Waals surface area contributed by atoms with Crippen molar-refractivity contribution in [3.63, 3.8) is 0 Å². The van der Waals surface area contributed by atoms with E-state index in [-0.39, 0.29) is 0 Å². The van der Waals surface area contributed by atoms with E-state index in [1.807, 2.05) is 31.2 Å². The Balaban J connectivity index is 0.000000265. The Morgan fingerprint density at radius 1 is 1.53 bits per heavy atom. The van der Waals surface area contributed by atoms with Gasteiger partial charge in [-0.25, -0.2) is 4.79 Å². The molecule has 0 saturated heterocycles. The molecule has 0 atom stereocenters. The maximum atomic E-state index is 9.60. The molecule has 1 rings (SSSR count). The molecule has 15 heavy (non-hydrogen) atoms. The molecule has 82 valence electrons. The summed E-state index contributed by atoms with van der Waals surface area (Å²) in [5, 5.41) is 9.98. The van der Waals surface area contributed by atoms with Crippen molar-refractivity contribution in [3.05, 3.63) is 42.5 Å². The SMILES string of the molecule is C=CCNC(=O)O.Cc1ccc(N)cc1. The fourth-order valence-electron chi connectivity index (χ4n) is 0.726. The van der Waals surface area contributed by atoms with Crippen LogP contribution < -0.4 is 11.1 Å². The standard InChI is InChI=1S/C7H9N.C4H7NO2/c1-6-2-4-7(8)5-3-6;1-2-3-5-4(6)7/h2-5H,8H2,1H3;2,5H,1,3H2,(H,6,7). The lowest BCUT2D eigenvalue weighted by atomic mass is 10.2. The van der Waals surface area contributed by atoms with Gasteiger partial charge in [-0.3, -0.25) is 0 Å². The number of carboxylic acid groups (broad SMARTS) is 1. The number of nitrogens with two attached hydrogens (primary N) is 1. The van der Waals surface area contributed by atoms with Gasteiger partial charge in [-0.2, -0.15) is 0 Å². The summed E-state index contributed by atoms with van der Waals surface area (Å²) >= 11 is 0. The number of nitrogen functional groups attached to an aromatic ring is 1.